The van der Waals surface area contributed by atoms with Crippen LogP contribution in [-0.2, 0) is 4.84 Å². The molecule has 4 heteroatoms. The van der Waals surface area contributed by atoms with Crippen molar-refractivity contribution in [2.75, 3.05) is 11.6 Å². The van der Waals surface area contributed by atoms with Crippen molar-refractivity contribution in [1.29, 1.82) is 0 Å². The summed E-state index contributed by atoms with van der Waals surface area (Å²) in [6, 6.07) is 18.5. The average Bonchev–Trinajstić information content (AvgIpc) is 2.60. The van der Waals surface area contributed by atoms with Crippen molar-refractivity contribution >= 4 is 11.8 Å². The number of rotatable bonds is 8. The van der Waals surface area contributed by atoms with Crippen LogP contribution in [0.2, 0.25) is 0 Å². The van der Waals surface area contributed by atoms with Gasteiger partial charge in [0.15, 0.2) is 0 Å². The van der Waals surface area contributed by atoms with E-state index in [-0.39, 0.29) is 0 Å². The largest absolute Gasteiger partial charge is 0.539 e. The van der Waals surface area contributed by atoms with Gasteiger partial charge in [0.25, 0.3) is 0 Å². The van der Waals surface area contributed by atoms with Crippen molar-refractivity contribution in [3.63, 3.8) is 0 Å². The maximum atomic E-state index is 12.1. The maximum absolute atomic E-state index is 12.1. The van der Waals surface area contributed by atoms with Gasteiger partial charge in [-0.05, 0) is 36.6 Å². The summed E-state index contributed by atoms with van der Waals surface area (Å²) in [5.41, 5.74) is 0.839. The number of para-hydroxylation sites is 2. The fourth-order valence-corrected chi connectivity index (χ4v) is 2.49. The van der Waals surface area contributed by atoms with E-state index in [1.807, 2.05) is 48.5 Å². The maximum Gasteiger partial charge on any atom is 0.539 e. The summed E-state index contributed by atoms with van der Waals surface area (Å²) >= 11 is 0. The van der Waals surface area contributed by atoms with Gasteiger partial charge in [0.2, 0.25) is 0 Å². The number of hydrogen-bond acceptors (Lipinski definition) is 4. The third kappa shape index (κ3) is 5.95. The van der Waals surface area contributed by atoms with Gasteiger partial charge in [-0.3, -0.25) is 0 Å². The van der Waals surface area contributed by atoms with Crippen molar-refractivity contribution in [2.45, 2.75) is 33.1 Å². The zero-order valence-corrected chi connectivity index (χ0v) is 14.4. The Morgan fingerprint density at radius 2 is 1.62 bits per heavy atom. The minimum atomic E-state index is -0.729. The van der Waals surface area contributed by atoms with E-state index >= 15 is 0 Å². The molecule has 0 saturated heterocycles. The monoisotopic (exact) mass is 327 g/mol. The minimum absolute atomic E-state index is 0.467. The van der Waals surface area contributed by atoms with Gasteiger partial charge in [-0.15, -0.1) is 0 Å². The van der Waals surface area contributed by atoms with Gasteiger partial charge in [-0.1, -0.05) is 63.1 Å². The van der Waals surface area contributed by atoms with E-state index in [0.29, 0.717) is 18.2 Å². The van der Waals surface area contributed by atoms with Crippen LogP contribution >= 0.6 is 0 Å². The Morgan fingerprint density at radius 1 is 1.00 bits per heavy atom. The van der Waals surface area contributed by atoms with Crippen molar-refractivity contribution in [3.8, 4) is 5.75 Å². The molecule has 1 atom stereocenters. The third-order valence-corrected chi connectivity index (χ3v) is 3.78. The molecule has 24 heavy (non-hydrogen) atoms. The first kappa shape index (κ1) is 17.9. The average molecular weight is 327 g/mol. The Hall–Kier alpha value is -2.49. The standard InChI is InChI=1S/C20H25NO3/c1-3-10-17(2)15-16-21(18-11-6-4-7-12-18)24-20(22)23-19-13-8-5-9-14-19/h4-9,11-14,17H,3,10,15-16H2,1-2H3. The van der Waals surface area contributed by atoms with Gasteiger partial charge < -0.3 is 9.57 Å². The molecule has 0 saturated carbocycles. The summed E-state index contributed by atoms with van der Waals surface area (Å²) in [5, 5.41) is 1.61. The first-order chi connectivity index (χ1) is 11.7. The lowest BCUT2D eigenvalue weighted by Crippen LogP contribution is -2.30. The lowest BCUT2D eigenvalue weighted by Gasteiger charge is -2.24. The summed E-state index contributed by atoms with van der Waals surface area (Å²) in [5.74, 6) is 1.05. The second kappa shape index (κ2) is 9.60. The highest BCUT2D eigenvalue weighted by Gasteiger charge is 2.16. The van der Waals surface area contributed by atoms with Gasteiger partial charge in [0, 0.05) is 0 Å². The molecule has 0 aromatic heterocycles. The van der Waals surface area contributed by atoms with Crippen LogP contribution in [0.25, 0.3) is 0 Å². The fourth-order valence-electron chi connectivity index (χ4n) is 2.49. The van der Waals surface area contributed by atoms with E-state index in [4.69, 9.17) is 9.57 Å². The van der Waals surface area contributed by atoms with Crippen LogP contribution in [0.3, 0.4) is 0 Å². The molecule has 0 aliphatic rings. The van der Waals surface area contributed by atoms with E-state index in [1.54, 1.807) is 17.2 Å². The Labute approximate surface area is 144 Å². The first-order valence-electron chi connectivity index (χ1n) is 8.46. The van der Waals surface area contributed by atoms with Crippen molar-refractivity contribution in [2.24, 2.45) is 5.92 Å². The first-order valence-corrected chi connectivity index (χ1v) is 8.46. The lowest BCUT2D eigenvalue weighted by molar-refractivity contribution is 0.0859. The van der Waals surface area contributed by atoms with Crippen LogP contribution in [0.15, 0.2) is 60.7 Å². The molecule has 0 spiro atoms. The molecule has 0 bridgehead atoms. The number of carbonyl (C=O) groups excluding carboxylic acids is 1. The highest BCUT2D eigenvalue weighted by atomic mass is 16.8. The number of hydroxylamine groups is 1. The molecule has 0 fully saturated rings. The molecule has 2 aromatic carbocycles. The Balaban J connectivity index is 1.98. The summed E-state index contributed by atoms with van der Waals surface area (Å²) in [4.78, 5) is 17.5. The Morgan fingerprint density at radius 3 is 2.25 bits per heavy atom. The summed E-state index contributed by atoms with van der Waals surface area (Å²) < 4.78 is 5.22. The predicted molar refractivity (Wildman–Crippen MR) is 96.0 cm³/mol. The quantitative estimate of drug-likeness (QED) is 0.367. The molecule has 4 nitrogen and oxygen atoms in total. The van der Waals surface area contributed by atoms with Gasteiger partial charge in [0.1, 0.15) is 5.75 Å². The van der Waals surface area contributed by atoms with E-state index in [1.165, 1.54) is 0 Å². The van der Waals surface area contributed by atoms with Gasteiger partial charge in [-0.25, -0.2) is 9.86 Å². The summed E-state index contributed by atoms with van der Waals surface area (Å²) in [6.45, 7) is 5.03. The molecule has 0 aliphatic heterocycles. The van der Waals surface area contributed by atoms with E-state index in [0.717, 1.165) is 24.9 Å². The van der Waals surface area contributed by atoms with E-state index in [9.17, 15) is 4.79 Å². The highest BCUT2D eigenvalue weighted by Crippen LogP contribution is 2.19. The minimum Gasteiger partial charge on any atom is -0.393 e. The fraction of sp³-hybridized carbons (Fsp3) is 0.350. The molecule has 0 amide bonds. The van der Waals surface area contributed by atoms with E-state index < -0.39 is 6.16 Å². The highest BCUT2D eigenvalue weighted by molar-refractivity contribution is 5.65. The molecule has 0 N–H and O–H groups in total. The number of hydrogen-bond donors (Lipinski definition) is 0. The summed E-state index contributed by atoms with van der Waals surface area (Å²) in [6.07, 6.45) is 2.54. The molecule has 1 unspecified atom stereocenters. The molecule has 2 aromatic rings. The molecular weight excluding hydrogens is 302 g/mol. The van der Waals surface area contributed by atoms with Crippen LogP contribution in [0.1, 0.15) is 33.1 Å². The molecular formula is C20H25NO3. The molecule has 128 valence electrons. The zero-order chi connectivity index (χ0) is 17.2. The number of nitrogens with zero attached hydrogens (tertiary/aromatic N) is 1. The molecule has 2 rings (SSSR count). The molecule has 0 heterocycles. The van der Waals surface area contributed by atoms with Crippen molar-refractivity contribution < 1.29 is 14.4 Å². The second-order valence-corrected chi connectivity index (χ2v) is 5.88. The normalized spacial score (nSPS) is 11.6. The lowest BCUT2D eigenvalue weighted by atomic mass is 10.0. The van der Waals surface area contributed by atoms with Crippen LogP contribution in [0.5, 0.6) is 5.75 Å². The van der Waals surface area contributed by atoms with Gasteiger partial charge in [-0.2, -0.15) is 0 Å². The van der Waals surface area contributed by atoms with Gasteiger partial charge in [0.05, 0.1) is 12.2 Å². The van der Waals surface area contributed by atoms with Crippen LogP contribution < -0.4 is 9.80 Å². The smallest absolute Gasteiger partial charge is 0.393 e. The number of anilines is 1. The second-order valence-electron chi connectivity index (χ2n) is 5.88. The Bertz CT molecular complexity index is 601. The van der Waals surface area contributed by atoms with Crippen LogP contribution in [-0.4, -0.2) is 12.7 Å². The molecule has 0 radical (unpaired) electrons. The molecule has 0 aliphatic carbocycles. The SMILES string of the molecule is CCCC(C)CCN(OC(=O)Oc1ccccc1)c1ccccc1. The third-order valence-electron chi connectivity index (χ3n) is 3.78. The zero-order valence-electron chi connectivity index (χ0n) is 14.4. The topological polar surface area (TPSA) is 38.8 Å². The number of carbonyl (C=O) groups is 1. The van der Waals surface area contributed by atoms with E-state index in [2.05, 4.69) is 13.8 Å². The van der Waals surface area contributed by atoms with Crippen molar-refractivity contribution in [1.82, 2.24) is 0 Å². The van der Waals surface area contributed by atoms with Crippen molar-refractivity contribution in [3.05, 3.63) is 60.7 Å². The number of benzene rings is 2. The number of ether oxygens (including phenoxy) is 1. The Kier molecular flexibility index (Phi) is 7.15. The summed E-state index contributed by atoms with van der Waals surface area (Å²) in [7, 11) is 0. The van der Waals surface area contributed by atoms with Crippen LogP contribution in [0, 0.1) is 5.92 Å². The van der Waals surface area contributed by atoms with Gasteiger partial charge >= 0.3 is 6.16 Å². The predicted octanol–water partition coefficient (Wildman–Crippen LogP) is 5.45. The van der Waals surface area contributed by atoms with Crippen LogP contribution in [0.4, 0.5) is 10.5 Å².